The number of aromatic nitrogens is 2. The fraction of sp³-hybridized carbons (Fsp3) is 0. The van der Waals surface area contributed by atoms with Crippen LogP contribution in [0.3, 0.4) is 0 Å². The third-order valence-electron chi connectivity index (χ3n) is 3.46. The number of halogens is 1. The molecule has 0 radical (unpaired) electrons. The molecular weight excluding hydrogens is 358 g/mol. The summed E-state index contributed by atoms with van der Waals surface area (Å²) in [4.78, 5) is 22.2. The van der Waals surface area contributed by atoms with Crippen molar-refractivity contribution in [1.29, 1.82) is 0 Å². The molecule has 3 rings (SSSR count). The lowest BCUT2D eigenvalue weighted by Gasteiger charge is -1.98. The second-order valence-electron chi connectivity index (χ2n) is 5.19. The van der Waals surface area contributed by atoms with Crippen molar-refractivity contribution >= 4 is 29.4 Å². The molecule has 0 aliphatic rings. The van der Waals surface area contributed by atoms with Crippen LogP contribution >= 0.6 is 11.6 Å². The van der Waals surface area contributed by atoms with Crippen LogP contribution in [-0.4, -0.2) is 27.2 Å². The molecule has 0 saturated carbocycles. The van der Waals surface area contributed by atoms with Gasteiger partial charge in [0.1, 0.15) is 5.69 Å². The van der Waals surface area contributed by atoms with E-state index in [2.05, 4.69) is 20.7 Å². The molecule has 26 heavy (non-hydrogen) atoms. The molecule has 0 fully saturated rings. The predicted molar refractivity (Wildman–Crippen MR) is 97.2 cm³/mol. The van der Waals surface area contributed by atoms with Crippen LogP contribution in [0.4, 0.5) is 5.69 Å². The van der Waals surface area contributed by atoms with Crippen molar-refractivity contribution in [1.82, 2.24) is 15.6 Å². The van der Waals surface area contributed by atoms with Gasteiger partial charge < -0.3 is 0 Å². The van der Waals surface area contributed by atoms with Crippen LogP contribution in [0.1, 0.15) is 16.1 Å². The van der Waals surface area contributed by atoms with Crippen molar-refractivity contribution < 1.29 is 9.72 Å². The lowest BCUT2D eigenvalue weighted by atomic mass is 10.1. The molecule has 0 atom stereocenters. The van der Waals surface area contributed by atoms with E-state index in [-0.39, 0.29) is 11.4 Å². The summed E-state index contributed by atoms with van der Waals surface area (Å²) in [5, 5.41) is 21.7. The second-order valence-corrected chi connectivity index (χ2v) is 5.60. The van der Waals surface area contributed by atoms with Crippen molar-refractivity contribution in [3.05, 3.63) is 81.0 Å². The van der Waals surface area contributed by atoms with Gasteiger partial charge in [-0.15, -0.1) is 0 Å². The highest BCUT2D eigenvalue weighted by Gasteiger charge is 2.12. The molecule has 2 N–H and O–H groups in total. The third-order valence-corrected chi connectivity index (χ3v) is 3.79. The summed E-state index contributed by atoms with van der Waals surface area (Å²) in [6.07, 6.45) is 1.38. The van der Waals surface area contributed by atoms with E-state index in [1.165, 1.54) is 30.5 Å². The molecular formula is C17H12ClN5O3. The minimum Gasteiger partial charge on any atom is -0.272 e. The number of rotatable bonds is 5. The molecule has 0 aliphatic heterocycles. The fourth-order valence-corrected chi connectivity index (χ4v) is 2.39. The zero-order chi connectivity index (χ0) is 18.5. The average Bonchev–Trinajstić information content (AvgIpc) is 3.12. The summed E-state index contributed by atoms with van der Waals surface area (Å²) < 4.78 is 0. The van der Waals surface area contributed by atoms with Crippen molar-refractivity contribution in [2.24, 2.45) is 5.10 Å². The summed E-state index contributed by atoms with van der Waals surface area (Å²) in [7, 11) is 0. The number of hydrogen-bond donors (Lipinski definition) is 2. The molecule has 0 aliphatic carbocycles. The molecule has 0 spiro atoms. The van der Waals surface area contributed by atoms with E-state index in [1.807, 2.05) is 6.07 Å². The Hall–Kier alpha value is -3.52. The lowest BCUT2D eigenvalue weighted by molar-refractivity contribution is -0.384. The summed E-state index contributed by atoms with van der Waals surface area (Å²) in [5.74, 6) is -0.478. The molecule has 3 aromatic rings. The van der Waals surface area contributed by atoms with Gasteiger partial charge in [-0.05, 0) is 29.8 Å². The van der Waals surface area contributed by atoms with Crippen LogP contribution in [0.15, 0.2) is 59.7 Å². The van der Waals surface area contributed by atoms with Gasteiger partial charge in [0, 0.05) is 17.7 Å². The number of nitro groups is 1. The first-order chi connectivity index (χ1) is 12.5. The Morgan fingerprint density at radius 2 is 1.96 bits per heavy atom. The lowest BCUT2D eigenvalue weighted by Crippen LogP contribution is -2.17. The smallest absolute Gasteiger partial charge is 0.272 e. The number of aromatic amines is 1. The second kappa shape index (κ2) is 7.58. The minimum atomic E-state index is -0.489. The van der Waals surface area contributed by atoms with Gasteiger partial charge in [0.15, 0.2) is 0 Å². The van der Waals surface area contributed by atoms with Crippen LogP contribution in [-0.2, 0) is 0 Å². The Morgan fingerprint density at radius 3 is 2.65 bits per heavy atom. The number of nitrogens with zero attached hydrogens (tertiary/aromatic N) is 3. The van der Waals surface area contributed by atoms with Crippen LogP contribution in [0.5, 0.6) is 0 Å². The van der Waals surface area contributed by atoms with Gasteiger partial charge in [0.2, 0.25) is 0 Å². The van der Waals surface area contributed by atoms with Gasteiger partial charge in [-0.1, -0.05) is 29.8 Å². The van der Waals surface area contributed by atoms with Crippen molar-refractivity contribution in [3.8, 4) is 11.3 Å². The summed E-state index contributed by atoms with van der Waals surface area (Å²) >= 11 is 6.11. The number of H-pyrrole nitrogens is 1. The highest BCUT2D eigenvalue weighted by atomic mass is 35.5. The topological polar surface area (TPSA) is 113 Å². The number of carbonyl (C=O) groups is 1. The van der Waals surface area contributed by atoms with Gasteiger partial charge >= 0.3 is 0 Å². The first-order valence-corrected chi connectivity index (χ1v) is 7.80. The molecule has 1 heterocycles. The Balaban J connectivity index is 1.65. The van der Waals surface area contributed by atoms with Crippen molar-refractivity contribution in [3.63, 3.8) is 0 Å². The van der Waals surface area contributed by atoms with Gasteiger partial charge in [-0.3, -0.25) is 20.0 Å². The van der Waals surface area contributed by atoms with E-state index in [1.54, 1.807) is 24.3 Å². The molecule has 1 aromatic heterocycles. The number of nitrogens with one attached hydrogen (secondary N) is 2. The number of non-ortho nitro benzene ring substituents is 1. The Kier molecular flexibility index (Phi) is 5.04. The van der Waals surface area contributed by atoms with Gasteiger partial charge in [-0.2, -0.15) is 10.2 Å². The van der Waals surface area contributed by atoms with E-state index in [4.69, 9.17) is 11.6 Å². The fourth-order valence-electron chi connectivity index (χ4n) is 2.15. The standard InChI is InChI=1S/C17H12ClN5O3/c18-14-4-2-1-3-13(14)15-9-16(21-20-15)17(24)22-19-10-11-5-7-12(8-6-11)23(25)26/h1-10H,(H,20,21)(H,22,24). The number of nitro benzene ring substituents is 1. The molecule has 2 aromatic carbocycles. The largest absolute Gasteiger partial charge is 0.289 e. The first kappa shape index (κ1) is 17.3. The Bertz CT molecular complexity index is 982. The first-order valence-electron chi connectivity index (χ1n) is 7.43. The van der Waals surface area contributed by atoms with E-state index >= 15 is 0 Å². The average molecular weight is 370 g/mol. The highest BCUT2D eigenvalue weighted by molar-refractivity contribution is 6.33. The van der Waals surface area contributed by atoms with Gasteiger partial charge in [-0.25, -0.2) is 5.43 Å². The van der Waals surface area contributed by atoms with E-state index in [9.17, 15) is 14.9 Å². The van der Waals surface area contributed by atoms with Crippen LogP contribution in [0, 0.1) is 10.1 Å². The summed E-state index contributed by atoms with van der Waals surface area (Å²) in [5.41, 5.74) is 4.42. The molecule has 8 nitrogen and oxygen atoms in total. The summed E-state index contributed by atoms with van der Waals surface area (Å²) in [6.45, 7) is 0. The Labute approximate surface area is 152 Å². The maximum absolute atomic E-state index is 12.1. The Morgan fingerprint density at radius 1 is 1.23 bits per heavy atom. The molecule has 0 saturated heterocycles. The van der Waals surface area contributed by atoms with Gasteiger partial charge in [0.25, 0.3) is 11.6 Å². The quantitative estimate of drug-likeness (QED) is 0.407. The monoisotopic (exact) mass is 369 g/mol. The molecule has 130 valence electrons. The van der Waals surface area contributed by atoms with Crippen LogP contribution in [0.2, 0.25) is 5.02 Å². The number of hydrogen-bond acceptors (Lipinski definition) is 5. The van der Waals surface area contributed by atoms with Crippen LogP contribution < -0.4 is 5.43 Å². The number of carbonyl (C=O) groups excluding carboxylic acids is 1. The minimum absolute atomic E-state index is 0.0178. The zero-order valence-electron chi connectivity index (χ0n) is 13.2. The molecule has 0 bridgehead atoms. The van der Waals surface area contributed by atoms with Crippen molar-refractivity contribution in [2.75, 3.05) is 0 Å². The molecule has 1 amide bonds. The zero-order valence-corrected chi connectivity index (χ0v) is 14.0. The van der Waals surface area contributed by atoms with E-state index in [0.717, 1.165) is 0 Å². The number of benzene rings is 2. The SMILES string of the molecule is O=C(NN=Cc1ccc([N+](=O)[O-])cc1)c1cc(-c2ccccc2Cl)n[nH]1. The maximum Gasteiger partial charge on any atom is 0.289 e. The van der Waals surface area contributed by atoms with Crippen molar-refractivity contribution in [2.45, 2.75) is 0 Å². The predicted octanol–water partition coefficient (Wildman–Crippen LogP) is 3.40. The van der Waals surface area contributed by atoms with Gasteiger partial charge in [0.05, 0.1) is 21.9 Å². The van der Waals surface area contributed by atoms with Crippen LogP contribution in [0.25, 0.3) is 11.3 Å². The maximum atomic E-state index is 12.1. The molecule has 9 heteroatoms. The number of amides is 1. The van der Waals surface area contributed by atoms with E-state index in [0.29, 0.717) is 21.8 Å². The number of hydrazone groups is 1. The summed E-state index contributed by atoms with van der Waals surface area (Å²) in [6, 6.07) is 14.5. The third kappa shape index (κ3) is 3.93. The normalized spacial score (nSPS) is 10.8. The van der Waals surface area contributed by atoms with E-state index < -0.39 is 10.8 Å². The molecule has 0 unspecified atom stereocenters. The highest BCUT2D eigenvalue weighted by Crippen LogP contribution is 2.26.